The number of amides is 1. The topological polar surface area (TPSA) is 42.0 Å². The quantitative estimate of drug-likeness (QED) is 0.838. The van der Waals surface area contributed by atoms with Crippen LogP contribution < -0.4 is 5.32 Å². The highest BCUT2D eigenvalue weighted by Crippen LogP contribution is 2.40. The molecule has 1 aromatic heterocycles. The normalized spacial score (nSPS) is 23.4. The highest BCUT2D eigenvalue weighted by atomic mass is 35.5. The molecule has 0 spiro atoms. The van der Waals surface area contributed by atoms with Crippen molar-refractivity contribution >= 4 is 23.2 Å². The highest BCUT2D eigenvalue weighted by molar-refractivity contribution is 6.29. The molecule has 0 saturated heterocycles. The van der Waals surface area contributed by atoms with Gasteiger partial charge in [-0.3, -0.25) is 4.79 Å². The van der Waals surface area contributed by atoms with Gasteiger partial charge in [0.1, 0.15) is 5.15 Å². The van der Waals surface area contributed by atoms with Gasteiger partial charge in [-0.15, -0.1) is 0 Å². The van der Waals surface area contributed by atoms with Crippen molar-refractivity contribution in [1.29, 1.82) is 0 Å². The summed E-state index contributed by atoms with van der Waals surface area (Å²) < 4.78 is 38.1. The van der Waals surface area contributed by atoms with E-state index >= 15 is 0 Å². The molecule has 2 unspecified atom stereocenters. The number of halogens is 4. The van der Waals surface area contributed by atoms with E-state index in [0.717, 1.165) is 0 Å². The Kier molecular flexibility index (Phi) is 4.52. The van der Waals surface area contributed by atoms with E-state index in [2.05, 4.69) is 10.3 Å². The third kappa shape index (κ3) is 3.85. The molecule has 1 N–H and O–H groups in total. The second-order valence-corrected chi connectivity index (χ2v) is 5.35. The lowest BCUT2D eigenvalue weighted by molar-refractivity contribution is -0.185. The molecule has 2 rings (SSSR count). The van der Waals surface area contributed by atoms with Crippen molar-refractivity contribution in [3.8, 4) is 0 Å². The molecular formula is C13H14ClF3N2O. The molecule has 1 aromatic rings. The highest BCUT2D eigenvalue weighted by Gasteiger charge is 2.43. The van der Waals surface area contributed by atoms with Gasteiger partial charge in [0.05, 0.1) is 5.92 Å². The van der Waals surface area contributed by atoms with E-state index in [4.69, 9.17) is 11.6 Å². The van der Waals surface area contributed by atoms with Gasteiger partial charge in [0, 0.05) is 17.8 Å². The van der Waals surface area contributed by atoms with E-state index in [1.807, 2.05) is 0 Å². The number of anilines is 1. The van der Waals surface area contributed by atoms with Crippen LogP contribution in [0, 0.1) is 11.8 Å². The molecule has 110 valence electrons. The fraction of sp³-hybridized carbons (Fsp3) is 0.538. The van der Waals surface area contributed by atoms with Crippen LogP contribution in [-0.2, 0) is 4.79 Å². The summed E-state index contributed by atoms with van der Waals surface area (Å²) in [5.41, 5.74) is 0.448. The summed E-state index contributed by atoms with van der Waals surface area (Å²) in [4.78, 5) is 15.8. The minimum Gasteiger partial charge on any atom is -0.326 e. The number of nitrogens with zero attached hydrogens (tertiary/aromatic N) is 1. The Bertz CT molecular complexity index is 493. The zero-order valence-electron chi connectivity index (χ0n) is 10.6. The maximum absolute atomic E-state index is 12.7. The van der Waals surface area contributed by atoms with E-state index in [0.29, 0.717) is 18.5 Å². The largest absolute Gasteiger partial charge is 0.391 e. The smallest absolute Gasteiger partial charge is 0.326 e. The molecule has 3 nitrogen and oxygen atoms in total. The van der Waals surface area contributed by atoms with Gasteiger partial charge in [-0.05, 0) is 31.4 Å². The fourth-order valence-electron chi connectivity index (χ4n) is 2.45. The Morgan fingerprint density at radius 1 is 1.40 bits per heavy atom. The zero-order chi connectivity index (χ0) is 14.8. The first-order chi connectivity index (χ1) is 9.36. The second kappa shape index (κ2) is 5.99. The SMILES string of the molecule is O=C(Nc1ccnc(Cl)c1)C1CCCC(C(F)(F)F)C1. The molecule has 1 aliphatic rings. The van der Waals surface area contributed by atoms with Gasteiger partial charge in [-0.2, -0.15) is 13.2 Å². The number of alkyl halides is 3. The molecule has 20 heavy (non-hydrogen) atoms. The lowest BCUT2D eigenvalue weighted by Gasteiger charge is -2.29. The molecule has 1 fully saturated rings. The summed E-state index contributed by atoms with van der Waals surface area (Å²) in [5, 5.41) is 2.82. The zero-order valence-corrected chi connectivity index (χ0v) is 11.3. The van der Waals surface area contributed by atoms with E-state index in [9.17, 15) is 18.0 Å². The number of rotatable bonds is 2. The van der Waals surface area contributed by atoms with Crippen LogP contribution in [0.3, 0.4) is 0 Å². The molecule has 1 aliphatic carbocycles. The predicted octanol–water partition coefficient (Wildman–Crippen LogP) is 4.04. The van der Waals surface area contributed by atoms with Crippen LogP contribution in [0.5, 0.6) is 0 Å². The van der Waals surface area contributed by atoms with Gasteiger partial charge in [-0.1, -0.05) is 18.0 Å². The number of nitrogens with one attached hydrogen (secondary N) is 1. The lowest BCUT2D eigenvalue weighted by Crippen LogP contribution is -2.34. The molecule has 7 heteroatoms. The van der Waals surface area contributed by atoms with Crippen LogP contribution in [0.15, 0.2) is 18.3 Å². The van der Waals surface area contributed by atoms with Gasteiger partial charge >= 0.3 is 6.18 Å². The Morgan fingerprint density at radius 2 is 2.15 bits per heavy atom. The molecule has 1 amide bonds. The number of pyridine rings is 1. The van der Waals surface area contributed by atoms with Gasteiger partial charge in [-0.25, -0.2) is 4.98 Å². The summed E-state index contributed by atoms with van der Waals surface area (Å²) in [6.45, 7) is 0. The average Bonchev–Trinajstić information content (AvgIpc) is 2.38. The average molecular weight is 307 g/mol. The molecule has 0 aliphatic heterocycles. The summed E-state index contributed by atoms with van der Waals surface area (Å²) in [7, 11) is 0. The van der Waals surface area contributed by atoms with Crippen molar-refractivity contribution in [3.63, 3.8) is 0 Å². The Morgan fingerprint density at radius 3 is 2.80 bits per heavy atom. The van der Waals surface area contributed by atoms with E-state index in [1.54, 1.807) is 6.07 Å². The number of carbonyl (C=O) groups is 1. The number of hydrogen-bond donors (Lipinski definition) is 1. The Hall–Kier alpha value is -1.30. The Balaban J connectivity index is 1.99. The molecular weight excluding hydrogens is 293 g/mol. The molecule has 0 bridgehead atoms. The summed E-state index contributed by atoms with van der Waals surface area (Å²) >= 11 is 5.69. The van der Waals surface area contributed by atoms with E-state index in [-0.39, 0.29) is 23.9 Å². The van der Waals surface area contributed by atoms with E-state index in [1.165, 1.54) is 12.3 Å². The maximum atomic E-state index is 12.7. The number of aromatic nitrogens is 1. The van der Waals surface area contributed by atoms with Crippen LogP contribution in [-0.4, -0.2) is 17.1 Å². The summed E-state index contributed by atoms with van der Waals surface area (Å²) in [5.74, 6) is -2.38. The van der Waals surface area contributed by atoms with Gasteiger partial charge in [0.2, 0.25) is 5.91 Å². The molecule has 2 atom stereocenters. The van der Waals surface area contributed by atoms with Crippen LogP contribution in [0.4, 0.5) is 18.9 Å². The van der Waals surface area contributed by atoms with Crippen molar-refractivity contribution in [2.75, 3.05) is 5.32 Å². The van der Waals surface area contributed by atoms with Crippen molar-refractivity contribution in [2.45, 2.75) is 31.9 Å². The van der Waals surface area contributed by atoms with Crippen LogP contribution >= 0.6 is 11.6 Å². The van der Waals surface area contributed by atoms with Gasteiger partial charge in [0.25, 0.3) is 0 Å². The Labute approximate surface area is 119 Å². The third-order valence-electron chi connectivity index (χ3n) is 3.50. The molecule has 1 heterocycles. The van der Waals surface area contributed by atoms with Crippen molar-refractivity contribution in [1.82, 2.24) is 4.98 Å². The monoisotopic (exact) mass is 306 g/mol. The first-order valence-electron chi connectivity index (χ1n) is 6.35. The van der Waals surface area contributed by atoms with Crippen molar-refractivity contribution in [3.05, 3.63) is 23.5 Å². The predicted molar refractivity (Wildman–Crippen MR) is 69.4 cm³/mol. The minimum atomic E-state index is -4.22. The second-order valence-electron chi connectivity index (χ2n) is 4.96. The molecule has 1 saturated carbocycles. The lowest BCUT2D eigenvalue weighted by atomic mass is 9.80. The number of hydrogen-bond acceptors (Lipinski definition) is 2. The van der Waals surface area contributed by atoms with Crippen LogP contribution in [0.1, 0.15) is 25.7 Å². The van der Waals surface area contributed by atoms with E-state index < -0.39 is 18.0 Å². The first kappa shape index (κ1) is 15.1. The third-order valence-corrected chi connectivity index (χ3v) is 3.71. The fourth-order valence-corrected chi connectivity index (χ4v) is 2.62. The number of carbonyl (C=O) groups excluding carboxylic acids is 1. The van der Waals surface area contributed by atoms with Gasteiger partial charge in [0.15, 0.2) is 0 Å². The first-order valence-corrected chi connectivity index (χ1v) is 6.73. The standard InChI is InChI=1S/C13H14ClF3N2O/c14-11-7-10(4-5-18-11)19-12(20)8-2-1-3-9(6-8)13(15,16)17/h4-5,7-9H,1-3,6H2,(H,18,19,20). The molecule has 0 radical (unpaired) electrons. The summed E-state index contributed by atoms with van der Waals surface area (Å²) in [6, 6.07) is 3.01. The summed E-state index contributed by atoms with van der Waals surface area (Å²) in [6.07, 6.45) is -1.94. The van der Waals surface area contributed by atoms with Crippen molar-refractivity contribution in [2.24, 2.45) is 11.8 Å². The van der Waals surface area contributed by atoms with Crippen molar-refractivity contribution < 1.29 is 18.0 Å². The van der Waals surface area contributed by atoms with Crippen LogP contribution in [0.25, 0.3) is 0 Å². The van der Waals surface area contributed by atoms with Crippen LogP contribution in [0.2, 0.25) is 5.15 Å². The minimum absolute atomic E-state index is 0.106. The maximum Gasteiger partial charge on any atom is 0.391 e. The van der Waals surface area contributed by atoms with Gasteiger partial charge < -0.3 is 5.32 Å². The molecule has 0 aromatic carbocycles.